The minimum absolute atomic E-state index is 0.125. The van der Waals surface area contributed by atoms with E-state index < -0.39 is 20.7 Å². The number of carbonyl (C=O) groups excluding carboxylic acids is 1. The first-order valence-electron chi connectivity index (χ1n) is 10.4. The smallest absolute Gasteiger partial charge is 0.264 e. The van der Waals surface area contributed by atoms with Crippen LogP contribution in [0, 0.1) is 5.82 Å². The fourth-order valence-corrected chi connectivity index (χ4v) is 4.64. The van der Waals surface area contributed by atoms with Crippen molar-refractivity contribution in [1.82, 2.24) is 14.9 Å². The van der Waals surface area contributed by atoms with Gasteiger partial charge in [0.1, 0.15) is 16.5 Å². The largest absolute Gasteiger partial charge is 0.352 e. The standard InChI is InChI=1S/C24H23FN4O3S/c1-3-14-26-24(30)17-10-8-16(9-11-17)23-27-20-15-18(12-13-21(20)29(23)2)28-33(31,32)22-7-5-4-6-19(22)25/h4-13,15,28H,3,14H2,1-2H3,(H,26,30). The summed E-state index contributed by atoms with van der Waals surface area (Å²) < 4.78 is 43.5. The molecule has 0 spiro atoms. The second-order valence-electron chi connectivity index (χ2n) is 7.57. The van der Waals surface area contributed by atoms with Crippen LogP contribution in [0.5, 0.6) is 0 Å². The van der Waals surface area contributed by atoms with E-state index in [0.29, 0.717) is 23.4 Å². The van der Waals surface area contributed by atoms with E-state index in [4.69, 9.17) is 0 Å². The molecule has 4 aromatic rings. The lowest BCUT2D eigenvalue weighted by molar-refractivity contribution is 0.0953. The molecule has 9 heteroatoms. The number of hydrogen-bond donors (Lipinski definition) is 2. The Hall–Kier alpha value is -3.72. The van der Waals surface area contributed by atoms with E-state index in [2.05, 4.69) is 15.0 Å². The molecule has 1 amide bonds. The van der Waals surface area contributed by atoms with Crippen LogP contribution in [-0.2, 0) is 17.1 Å². The van der Waals surface area contributed by atoms with Gasteiger partial charge in [0, 0.05) is 24.7 Å². The summed E-state index contributed by atoms with van der Waals surface area (Å²) >= 11 is 0. The van der Waals surface area contributed by atoms with Gasteiger partial charge in [0.15, 0.2) is 0 Å². The number of hydrogen-bond acceptors (Lipinski definition) is 4. The van der Waals surface area contributed by atoms with E-state index in [-0.39, 0.29) is 11.6 Å². The molecule has 0 bridgehead atoms. The monoisotopic (exact) mass is 466 g/mol. The van der Waals surface area contributed by atoms with Gasteiger partial charge < -0.3 is 9.88 Å². The van der Waals surface area contributed by atoms with Crippen LogP contribution in [0.1, 0.15) is 23.7 Å². The van der Waals surface area contributed by atoms with Crippen molar-refractivity contribution in [3.8, 4) is 11.4 Å². The third-order valence-corrected chi connectivity index (χ3v) is 6.61. The SMILES string of the molecule is CCCNC(=O)c1ccc(-c2nc3cc(NS(=O)(=O)c4ccccc4F)ccc3n2C)cc1. The maximum Gasteiger partial charge on any atom is 0.264 e. The lowest BCUT2D eigenvalue weighted by Crippen LogP contribution is -2.23. The molecule has 0 atom stereocenters. The predicted octanol–water partition coefficient (Wildman–Crippen LogP) is 4.32. The van der Waals surface area contributed by atoms with Crippen LogP contribution < -0.4 is 10.0 Å². The number of benzene rings is 3. The summed E-state index contributed by atoms with van der Waals surface area (Å²) in [6.07, 6.45) is 0.863. The van der Waals surface area contributed by atoms with Crippen molar-refractivity contribution in [3.63, 3.8) is 0 Å². The van der Waals surface area contributed by atoms with E-state index in [1.807, 2.05) is 30.7 Å². The Bertz CT molecular complexity index is 1430. The van der Waals surface area contributed by atoms with E-state index in [1.54, 1.807) is 30.3 Å². The van der Waals surface area contributed by atoms with Gasteiger partial charge in [0.2, 0.25) is 0 Å². The summed E-state index contributed by atoms with van der Waals surface area (Å²) in [4.78, 5) is 16.3. The van der Waals surface area contributed by atoms with Crippen molar-refractivity contribution >= 4 is 32.7 Å². The van der Waals surface area contributed by atoms with Crippen LogP contribution in [-0.4, -0.2) is 30.4 Å². The van der Waals surface area contributed by atoms with Gasteiger partial charge in [-0.3, -0.25) is 9.52 Å². The summed E-state index contributed by atoms with van der Waals surface area (Å²) in [5, 5.41) is 2.84. The highest BCUT2D eigenvalue weighted by Gasteiger charge is 2.19. The van der Waals surface area contributed by atoms with Gasteiger partial charge in [0.25, 0.3) is 15.9 Å². The van der Waals surface area contributed by atoms with Crippen LogP contribution in [0.2, 0.25) is 0 Å². The first-order valence-corrected chi connectivity index (χ1v) is 11.9. The molecule has 1 aromatic heterocycles. The zero-order valence-electron chi connectivity index (χ0n) is 18.2. The Morgan fingerprint density at radius 2 is 1.79 bits per heavy atom. The number of halogens is 1. The van der Waals surface area contributed by atoms with Gasteiger partial charge in [0.05, 0.1) is 16.7 Å². The molecule has 0 unspecified atom stereocenters. The predicted molar refractivity (Wildman–Crippen MR) is 126 cm³/mol. The molecule has 0 aliphatic carbocycles. The quantitative estimate of drug-likeness (QED) is 0.424. The van der Waals surface area contributed by atoms with Gasteiger partial charge in [-0.25, -0.2) is 17.8 Å². The average molecular weight is 467 g/mol. The van der Waals surface area contributed by atoms with Gasteiger partial charge in [-0.15, -0.1) is 0 Å². The molecule has 2 N–H and O–H groups in total. The van der Waals surface area contributed by atoms with Gasteiger partial charge in [-0.05, 0) is 48.9 Å². The number of aromatic nitrogens is 2. The molecule has 0 aliphatic rings. The summed E-state index contributed by atoms with van der Waals surface area (Å²) in [5.41, 5.74) is 3.03. The molecule has 33 heavy (non-hydrogen) atoms. The highest BCUT2D eigenvalue weighted by atomic mass is 32.2. The van der Waals surface area contributed by atoms with Crippen molar-refractivity contribution in [1.29, 1.82) is 0 Å². The lowest BCUT2D eigenvalue weighted by atomic mass is 10.1. The number of nitrogens with one attached hydrogen (secondary N) is 2. The van der Waals surface area contributed by atoms with Gasteiger partial charge >= 0.3 is 0 Å². The Morgan fingerprint density at radius 3 is 2.48 bits per heavy atom. The Morgan fingerprint density at radius 1 is 1.06 bits per heavy atom. The maximum atomic E-state index is 14.0. The van der Waals surface area contributed by atoms with Gasteiger partial charge in [-0.1, -0.05) is 31.2 Å². The topological polar surface area (TPSA) is 93.1 Å². The third-order valence-electron chi connectivity index (χ3n) is 5.20. The highest BCUT2D eigenvalue weighted by molar-refractivity contribution is 7.92. The van der Waals surface area contributed by atoms with Crippen molar-refractivity contribution in [2.45, 2.75) is 18.2 Å². The second-order valence-corrected chi connectivity index (χ2v) is 9.22. The summed E-state index contributed by atoms with van der Waals surface area (Å²) in [6, 6.07) is 17.3. The zero-order chi connectivity index (χ0) is 23.6. The maximum absolute atomic E-state index is 14.0. The molecule has 7 nitrogen and oxygen atoms in total. The van der Waals surface area contributed by atoms with E-state index in [0.717, 1.165) is 23.6 Å². The molecular weight excluding hydrogens is 443 g/mol. The fourth-order valence-electron chi connectivity index (χ4n) is 3.51. The minimum Gasteiger partial charge on any atom is -0.352 e. The summed E-state index contributed by atoms with van der Waals surface area (Å²) in [5.74, 6) is -0.280. The zero-order valence-corrected chi connectivity index (χ0v) is 19.0. The normalized spacial score (nSPS) is 11.5. The molecule has 3 aromatic carbocycles. The van der Waals surface area contributed by atoms with Crippen LogP contribution in [0.25, 0.3) is 22.4 Å². The number of rotatable bonds is 7. The van der Waals surface area contributed by atoms with E-state index in [9.17, 15) is 17.6 Å². The van der Waals surface area contributed by atoms with Crippen LogP contribution in [0.4, 0.5) is 10.1 Å². The molecule has 1 heterocycles. The fraction of sp³-hybridized carbons (Fsp3) is 0.167. The van der Waals surface area contributed by atoms with Gasteiger partial charge in [-0.2, -0.15) is 0 Å². The van der Waals surface area contributed by atoms with Crippen molar-refractivity contribution in [2.24, 2.45) is 7.05 Å². The van der Waals surface area contributed by atoms with Crippen molar-refractivity contribution in [2.75, 3.05) is 11.3 Å². The number of sulfonamides is 1. The average Bonchev–Trinajstić information content (AvgIpc) is 3.13. The Kier molecular flexibility index (Phi) is 6.15. The number of nitrogens with zero attached hydrogens (tertiary/aromatic N) is 2. The Labute approximate surface area is 191 Å². The van der Waals surface area contributed by atoms with Crippen molar-refractivity contribution < 1.29 is 17.6 Å². The number of carbonyl (C=O) groups is 1. The second kappa shape index (κ2) is 9.03. The van der Waals surface area contributed by atoms with Crippen LogP contribution >= 0.6 is 0 Å². The summed E-state index contributed by atoms with van der Waals surface area (Å²) in [7, 11) is -2.23. The molecule has 0 saturated heterocycles. The number of imidazole rings is 1. The molecule has 0 aliphatic heterocycles. The number of amides is 1. The minimum atomic E-state index is -4.09. The Balaban J connectivity index is 1.62. The number of fused-ring (bicyclic) bond motifs is 1. The van der Waals surface area contributed by atoms with E-state index >= 15 is 0 Å². The first kappa shape index (κ1) is 22.5. The lowest BCUT2D eigenvalue weighted by Gasteiger charge is -2.09. The molecule has 0 radical (unpaired) electrons. The molecule has 0 saturated carbocycles. The molecular formula is C24H23FN4O3S. The van der Waals surface area contributed by atoms with Crippen LogP contribution in [0.3, 0.4) is 0 Å². The first-order chi connectivity index (χ1) is 15.8. The number of anilines is 1. The number of aryl methyl sites for hydroxylation is 1. The van der Waals surface area contributed by atoms with E-state index in [1.165, 1.54) is 18.2 Å². The molecule has 0 fully saturated rings. The molecule has 170 valence electrons. The summed E-state index contributed by atoms with van der Waals surface area (Å²) in [6.45, 7) is 2.61. The van der Waals surface area contributed by atoms with Crippen LogP contribution in [0.15, 0.2) is 71.6 Å². The highest BCUT2D eigenvalue weighted by Crippen LogP contribution is 2.27. The third kappa shape index (κ3) is 4.58. The molecule has 4 rings (SSSR count). The van der Waals surface area contributed by atoms with Crippen molar-refractivity contribution in [3.05, 3.63) is 78.1 Å².